The van der Waals surface area contributed by atoms with Crippen molar-refractivity contribution in [2.24, 2.45) is 0 Å². The van der Waals surface area contributed by atoms with E-state index in [9.17, 15) is 4.79 Å². The number of hydrogen-bond acceptors (Lipinski definition) is 5. The van der Waals surface area contributed by atoms with Gasteiger partial charge in [-0.05, 0) is 48.9 Å². The molecule has 0 atom stereocenters. The lowest BCUT2D eigenvalue weighted by Gasteiger charge is -2.11. The highest BCUT2D eigenvalue weighted by Crippen LogP contribution is 2.27. The summed E-state index contributed by atoms with van der Waals surface area (Å²) in [4.78, 5) is 13.5. The van der Waals surface area contributed by atoms with E-state index in [2.05, 4.69) is 27.0 Å². The SMILES string of the molecule is CCCn1c(SCC(=O)Nc2cccc(C)c2C)nnc1-c1cccs1. The predicted octanol–water partition coefficient (Wildman–Crippen LogP) is 4.76. The third kappa shape index (κ3) is 4.16. The van der Waals surface area contributed by atoms with Gasteiger partial charge in [0, 0.05) is 12.2 Å². The van der Waals surface area contributed by atoms with Gasteiger partial charge in [0.15, 0.2) is 11.0 Å². The molecule has 0 fully saturated rings. The summed E-state index contributed by atoms with van der Waals surface area (Å²) < 4.78 is 2.10. The fourth-order valence-electron chi connectivity index (χ4n) is 2.61. The molecule has 1 amide bonds. The highest BCUT2D eigenvalue weighted by molar-refractivity contribution is 7.99. The van der Waals surface area contributed by atoms with Crippen LogP contribution in [0.5, 0.6) is 0 Å². The molecule has 3 aromatic rings. The smallest absolute Gasteiger partial charge is 0.234 e. The van der Waals surface area contributed by atoms with Gasteiger partial charge in [0.05, 0.1) is 10.6 Å². The zero-order valence-electron chi connectivity index (χ0n) is 15.2. The quantitative estimate of drug-likeness (QED) is 0.595. The molecule has 3 rings (SSSR count). The Bertz CT molecular complexity index is 887. The van der Waals surface area contributed by atoms with Gasteiger partial charge in [-0.3, -0.25) is 4.79 Å². The normalized spacial score (nSPS) is 10.9. The average Bonchev–Trinajstić information content (AvgIpc) is 3.27. The summed E-state index contributed by atoms with van der Waals surface area (Å²) in [6.07, 6.45) is 0.985. The number of hydrogen-bond donors (Lipinski definition) is 1. The molecule has 26 heavy (non-hydrogen) atoms. The number of aromatic nitrogens is 3. The predicted molar refractivity (Wildman–Crippen MR) is 109 cm³/mol. The van der Waals surface area contributed by atoms with Crippen molar-refractivity contribution < 1.29 is 4.79 Å². The van der Waals surface area contributed by atoms with Crippen molar-refractivity contribution >= 4 is 34.7 Å². The fraction of sp³-hybridized carbons (Fsp3) is 0.316. The van der Waals surface area contributed by atoms with Crippen molar-refractivity contribution in [1.29, 1.82) is 0 Å². The number of amides is 1. The molecular formula is C19H22N4OS2. The Balaban J connectivity index is 1.69. The first kappa shape index (κ1) is 18.7. The molecule has 0 bridgehead atoms. The Kier molecular flexibility index (Phi) is 6.11. The van der Waals surface area contributed by atoms with Gasteiger partial charge in [-0.25, -0.2) is 0 Å². The van der Waals surface area contributed by atoms with Gasteiger partial charge in [-0.2, -0.15) is 0 Å². The lowest BCUT2D eigenvalue weighted by molar-refractivity contribution is -0.113. The summed E-state index contributed by atoms with van der Waals surface area (Å²) >= 11 is 3.07. The second-order valence-electron chi connectivity index (χ2n) is 6.02. The second-order valence-corrected chi connectivity index (χ2v) is 7.91. The molecule has 0 aliphatic rings. The number of thioether (sulfide) groups is 1. The largest absolute Gasteiger partial charge is 0.325 e. The van der Waals surface area contributed by atoms with Crippen LogP contribution >= 0.6 is 23.1 Å². The van der Waals surface area contributed by atoms with Crippen molar-refractivity contribution in [3.05, 3.63) is 46.8 Å². The van der Waals surface area contributed by atoms with Crippen molar-refractivity contribution in [1.82, 2.24) is 14.8 Å². The van der Waals surface area contributed by atoms with Crippen LogP contribution < -0.4 is 5.32 Å². The minimum atomic E-state index is -0.0348. The van der Waals surface area contributed by atoms with E-state index in [0.717, 1.165) is 40.1 Å². The summed E-state index contributed by atoms with van der Waals surface area (Å²) in [7, 11) is 0. The third-order valence-corrected chi connectivity index (χ3v) is 5.95. The molecule has 0 saturated carbocycles. The van der Waals surface area contributed by atoms with Crippen LogP contribution in [0.25, 0.3) is 10.7 Å². The highest BCUT2D eigenvalue weighted by atomic mass is 32.2. The summed E-state index contributed by atoms with van der Waals surface area (Å²) in [6.45, 7) is 7.02. The lowest BCUT2D eigenvalue weighted by Crippen LogP contribution is -2.15. The fourth-order valence-corrected chi connectivity index (χ4v) is 4.09. The van der Waals surface area contributed by atoms with E-state index in [-0.39, 0.29) is 5.91 Å². The highest BCUT2D eigenvalue weighted by Gasteiger charge is 2.16. The van der Waals surface area contributed by atoms with E-state index in [4.69, 9.17) is 0 Å². The number of aryl methyl sites for hydroxylation is 1. The zero-order valence-corrected chi connectivity index (χ0v) is 16.8. The molecular weight excluding hydrogens is 364 g/mol. The molecule has 0 unspecified atom stereocenters. The van der Waals surface area contributed by atoms with E-state index < -0.39 is 0 Å². The van der Waals surface area contributed by atoms with E-state index in [1.807, 2.05) is 49.6 Å². The van der Waals surface area contributed by atoms with Crippen LogP contribution in [0.15, 0.2) is 40.9 Å². The molecule has 0 aliphatic heterocycles. The molecule has 0 aliphatic carbocycles. The first-order valence-corrected chi connectivity index (χ1v) is 10.4. The van der Waals surface area contributed by atoms with Crippen LogP contribution in [-0.4, -0.2) is 26.4 Å². The summed E-state index contributed by atoms with van der Waals surface area (Å²) in [6, 6.07) is 9.98. The second kappa shape index (κ2) is 8.51. The van der Waals surface area contributed by atoms with Crippen LogP contribution in [0.4, 0.5) is 5.69 Å². The van der Waals surface area contributed by atoms with Gasteiger partial charge >= 0.3 is 0 Å². The van der Waals surface area contributed by atoms with E-state index in [1.165, 1.54) is 17.3 Å². The Morgan fingerprint density at radius 1 is 1.23 bits per heavy atom. The van der Waals surface area contributed by atoms with Crippen LogP contribution in [0.2, 0.25) is 0 Å². The summed E-state index contributed by atoms with van der Waals surface area (Å²) in [5.74, 6) is 1.14. The topological polar surface area (TPSA) is 59.8 Å². The maximum Gasteiger partial charge on any atom is 0.234 e. The number of nitrogens with one attached hydrogen (secondary N) is 1. The van der Waals surface area contributed by atoms with Crippen molar-refractivity contribution in [2.75, 3.05) is 11.1 Å². The number of rotatable bonds is 7. The number of benzene rings is 1. The molecule has 1 aromatic carbocycles. The zero-order chi connectivity index (χ0) is 18.5. The Morgan fingerprint density at radius 3 is 2.81 bits per heavy atom. The number of anilines is 1. The van der Waals surface area contributed by atoms with Crippen LogP contribution in [0.3, 0.4) is 0 Å². The van der Waals surface area contributed by atoms with Crippen LogP contribution in [-0.2, 0) is 11.3 Å². The van der Waals surface area contributed by atoms with Crippen LogP contribution in [0.1, 0.15) is 24.5 Å². The summed E-state index contributed by atoms with van der Waals surface area (Å²) in [5.41, 5.74) is 3.13. The summed E-state index contributed by atoms with van der Waals surface area (Å²) in [5, 5.41) is 14.4. The van der Waals surface area contributed by atoms with Crippen molar-refractivity contribution in [3.63, 3.8) is 0 Å². The monoisotopic (exact) mass is 386 g/mol. The molecule has 136 valence electrons. The number of thiophene rings is 1. The molecule has 2 aromatic heterocycles. The Labute approximate surface area is 161 Å². The number of carbonyl (C=O) groups is 1. The first-order valence-electron chi connectivity index (χ1n) is 8.56. The maximum absolute atomic E-state index is 12.4. The van der Waals surface area contributed by atoms with Crippen molar-refractivity contribution in [2.45, 2.75) is 38.9 Å². The first-order chi connectivity index (χ1) is 12.6. The van der Waals surface area contributed by atoms with Crippen molar-refractivity contribution in [3.8, 4) is 10.7 Å². The molecule has 0 spiro atoms. The Morgan fingerprint density at radius 2 is 2.08 bits per heavy atom. The van der Waals surface area contributed by atoms with E-state index in [1.54, 1.807) is 11.3 Å². The molecule has 1 N–H and O–H groups in total. The molecule has 2 heterocycles. The van der Waals surface area contributed by atoms with Gasteiger partial charge < -0.3 is 9.88 Å². The van der Waals surface area contributed by atoms with Crippen LogP contribution in [0, 0.1) is 13.8 Å². The van der Waals surface area contributed by atoms with E-state index >= 15 is 0 Å². The third-order valence-electron chi connectivity index (χ3n) is 4.12. The van der Waals surface area contributed by atoms with Gasteiger partial charge in [0.1, 0.15) is 0 Å². The van der Waals surface area contributed by atoms with Gasteiger partial charge in [0.2, 0.25) is 5.91 Å². The Hall–Kier alpha value is -2.12. The maximum atomic E-state index is 12.4. The number of nitrogens with zero attached hydrogens (tertiary/aromatic N) is 3. The minimum absolute atomic E-state index is 0.0348. The van der Waals surface area contributed by atoms with Gasteiger partial charge in [-0.15, -0.1) is 21.5 Å². The number of carbonyl (C=O) groups excluding carboxylic acids is 1. The standard InChI is InChI=1S/C19H22N4OS2/c1-4-10-23-18(16-9-6-11-25-16)21-22-19(23)26-12-17(24)20-15-8-5-7-13(2)14(15)3/h5-9,11H,4,10,12H2,1-3H3,(H,20,24). The minimum Gasteiger partial charge on any atom is -0.325 e. The molecule has 0 radical (unpaired) electrons. The molecule has 0 saturated heterocycles. The molecule has 7 heteroatoms. The average molecular weight is 387 g/mol. The lowest BCUT2D eigenvalue weighted by atomic mass is 10.1. The van der Waals surface area contributed by atoms with Gasteiger partial charge in [0.25, 0.3) is 0 Å². The van der Waals surface area contributed by atoms with Gasteiger partial charge in [-0.1, -0.05) is 36.9 Å². The molecule has 5 nitrogen and oxygen atoms in total. The van der Waals surface area contributed by atoms with E-state index in [0.29, 0.717) is 5.75 Å².